The van der Waals surface area contributed by atoms with Crippen LogP contribution in [0.3, 0.4) is 0 Å². The van der Waals surface area contributed by atoms with Crippen molar-refractivity contribution in [2.24, 2.45) is 0 Å². The topological polar surface area (TPSA) is 113 Å². The van der Waals surface area contributed by atoms with Gasteiger partial charge in [-0.1, -0.05) is 12.1 Å². The van der Waals surface area contributed by atoms with Crippen LogP contribution >= 0.6 is 0 Å². The number of benzene rings is 2. The van der Waals surface area contributed by atoms with E-state index in [1.165, 1.54) is 37.9 Å². The minimum atomic E-state index is -3.71. The summed E-state index contributed by atoms with van der Waals surface area (Å²) in [5, 5.41) is 2.60. The van der Waals surface area contributed by atoms with E-state index in [1.54, 1.807) is 18.2 Å². The Morgan fingerprint density at radius 3 is 2.35 bits per heavy atom. The Bertz CT molecular complexity index is 1180. The smallest absolute Gasteiger partial charge is 0.242 e. The second-order valence-corrected chi connectivity index (χ2v) is 11.6. The molecule has 2 N–H and O–H groups in total. The molecule has 0 heterocycles. The molecule has 0 fully saturated rings. The average molecular weight is 466 g/mol. The van der Waals surface area contributed by atoms with E-state index >= 15 is 0 Å². The minimum absolute atomic E-state index is 0.0587. The molecule has 0 saturated carbocycles. The van der Waals surface area contributed by atoms with Gasteiger partial charge in [-0.25, -0.2) is 25.9 Å². The molecule has 0 saturated heterocycles. The fourth-order valence-corrected chi connectivity index (χ4v) is 5.46. The fourth-order valence-electron chi connectivity index (χ4n) is 3.43. The van der Waals surface area contributed by atoms with Gasteiger partial charge in [-0.05, 0) is 67.1 Å². The van der Waals surface area contributed by atoms with E-state index in [9.17, 15) is 21.6 Å². The summed E-state index contributed by atoms with van der Waals surface area (Å²) in [6, 6.07) is 11.1. The molecule has 10 heteroatoms. The lowest BCUT2D eigenvalue weighted by atomic mass is 9.92. The van der Waals surface area contributed by atoms with Crippen LogP contribution in [-0.2, 0) is 37.7 Å². The number of nitrogens with zero attached hydrogens (tertiary/aromatic N) is 1. The first-order valence-electron chi connectivity index (χ1n) is 10.0. The molecule has 0 spiro atoms. The summed E-state index contributed by atoms with van der Waals surface area (Å²) in [7, 11) is -4.48. The predicted molar refractivity (Wildman–Crippen MR) is 119 cm³/mol. The van der Waals surface area contributed by atoms with Gasteiger partial charge >= 0.3 is 0 Å². The standard InChI is InChI=1S/C21H27N3O5S2/c1-24(2)31(28,29)20-9-5-8-18(15-20)23-21(25)12-13-22-30(26,27)19-11-10-16-6-3-4-7-17(16)14-19/h5,8-11,14-15,22H,3-4,6-7,12-13H2,1-2H3,(H,23,25). The monoisotopic (exact) mass is 465 g/mol. The van der Waals surface area contributed by atoms with Gasteiger partial charge in [-0.3, -0.25) is 4.79 Å². The van der Waals surface area contributed by atoms with Crippen LogP contribution < -0.4 is 10.0 Å². The number of anilines is 1. The average Bonchev–Trinajstić information content (AvgIpc) is 2.73. The summed E-state index contributed by atoms with van der Waals surface area (Å²) in [4.78, 5) is 12.5. The second kappa shape index (κ2) is 9.47. The first kappa shape index (κ1) is 23.4. The van der Waals surface area contributed by atoms with E-state index in [1.807, 2.05) is 6.07 Å². The van der Waals surface area contributed by atoms with Crippen LogP contribution in [0, 0.1) is 0 Å². The first-order valence-corrected chi connectivity index (χ1v) is 13.0. The van der Waals surface area contributed by atoms with Gasteiger partial charge in [0, 0.05) is 32.7 Å². The molecule has 2 aromatic carbocycles. The maximum absolute atomic E-state index is 12.6. The summed E-state index contributed by atoms with van der Waals surface area (Å²) < 4.78 is 53.1. The Labute approximate surface area is 183 Å². The number of carbonyl (C=O) groups excluding carboxylic acids is 1. The highest BCUT2D eigenvalue weighted by atomic mass is 32.2. The molecule has 31 heavy (non-hydrogen) atoms. The van der Waals surface area contributed by atoms with E-state index in [-0.39, 0.29) is 22.8 Å². The van der Waals surface area contributed by atoms with Crippen molar-refractivity contribution in [2.75, 3.05) is 26.0 Å². The zero-order valence-corrected chi connectivity index (χ0v) is 19.2. The summed E-state index contributed by atoms with van der Waals surface area (Å²) in [5.41, 5.74) is 2.59. The highest BCUT2D eigenvalue weighted by molar-refractivity contribution is 7.89. The molecular weight excluding hydrogens is 438 g/mol. The van der Waals surface area contributed by atoms with Crippen molar-refractivity contribution in [3.63, 3.8) is 0 Å². The molecule has 168 valence electrons. The largest absolute Gasteiger partial charge is 0.326 e. The van der Waals surface area contributed by atoms with E-state index in [4.69, 9.17) is 0 Å². The quantitative estimate of drug-likeness (QED) is 0.620. The van der Waals surface area contributed by atoms with Gasteiger partial charge in [-0.15, -0.1) is 0 Å². The SMILES string of the molecule is CN(C)S(=O)(=O)c1cccc(NC(=O)CCNS(=O)(=O)c2ccc3c(c2)CCCC3)c1. The number of hydrogen-bond donors (Lipinski definition) is 2. The van der Waals surface area contributed by atoms with E-state index < -0.39 is 26.0 Å². The molecule has 0 aromatic heterocycles. The van der Waals surface area contributed by atoms with Crippen molar-refractivity contribution >= 4 is 31.6 Å². The number of nitrogens with one attached hydrogen (secondary N) is 2. The van der Waals surface area contributed by atoms with Gasteiger partial charge in [0.1, 0.15) is 0 Å². The second-order valence-electron chi connectivity index (χ2n) is 7.65. The molecule has 0 unspecified atom stereocenters. The summed E-state index contributed by atoms with van der Waals surface area (Å²) in [6.07, 6.45) is 3.94. The molecule has 0 bridgehead atoms. The highest BCUT2D eigenvalue weighted by Gasteiger charge is 2.19. The van der Waals surface area contributed by atoms with E-state index in [2.05, 4.69) is 10.0 Å². The Morgan fingerprint density at radius 1 is 0.935 bits per heavy atom. The molecule has 1 amide bonds. The van der Waals surface area contributed by atoms with Gasteiger partial charge in [-0.2, -0.15) is 0 Å². The third kappa shape index (κ3) is 5.70. The molecule has 1 aliphatic carbocycles. The molecule has 2 aromatic rings. The number of carbonyl (C=O) groups is 1. The number of amides is 1. The third-order valence-corrected chi connectivity index (χ3v) is 8.44. The van der Waals surface area contributed by atoms with Gasteiger partial charge in [0.05, 0.1) is 9.79 Å². The van der Waals surface area contributed by atoms with Crippen molar-refractivity contribution in [2.45, 2.75) is 41.9 Å². The highest BCUT2D eigenvalue weighted by Crippen LogP contribution is 2.24. The lowest BCUT2D eigenvalue weighted by Crippen LogP contribution is -2.28. The molecule has 3 rings (SSSR count). The Morgan fingerprint density at radius 2 is 1.65 bits per heavy atom. The number of rotatable bonds is 8. The van der Waals surface area contributed by atoms with Crippen molar-refractivity contribution in [3.05, 3.63) is 53.6 Å². The Kier molecular flexibility index (Phi) is 7.15. The van der Waals surface area contributed by atoms with Crippen molar-refractivity contribution in [3.8, 4) is 0 Å². The number of hydrogen-bond acceptors (Lipinski definition) is 5. The summed E-state index contributed by atoms with van der Waals surface area (Å²) >= 11 is 0. The molecule has 8 nitrogen and oxygen atoms in total. The van der Waals surface area contributed by atoms with Crippen molar-refractivity contribution < 1.29 is 21.6 Å². The molecular formula is C21H27N3O5S2. The normalized spacial score (nSPS) is 14.3. The summed E-state index contributed by atoms with van der Waals surface area (Å²) in [6.45, 7) is -0.0685. The minimum Gasteiger partial charge on any atom is -0.326 e. The van der Waals surface area contributed by atoms with Crippen LogP contribution in [0.25, 0.3) is 0 Å². The first-order chi connectivity index (χ1) is 14.6. The number of fused-ring (bicyclic) bond motifs is 1. The van der Waals surface area contributed by atoms with Crippen LogP contribution in [0.2, 0.25) is 0 Å². The maximum atomic E-state index is 12.6. The lowest BCUT2D eigenvalue weighted by Gasteiger charge is -2.16. The molecule has 0 radical (unpaired) electrons. The maximum Gasteiger partial charge on any atom is 0.242 e. The Hall–Kier alpha value is -2.27. The van der Waals surface area contributed by atoms with Crippen LogP contribution in [0.15, 0.2) is 52.3 Å². The van der Waals surface area contributed by atoms with Gasteiger partial charge < -0.3 is 5.32 Å². The zero-order chi connectivity index (χ0) is 22.6. The van der Waals surface area contributed by atoms with Crippen molar-refractivity contribution in [1.29, 1.82) is 0 Å². The molecule has 1 aliphatic rings. The third-order valence-electron chi connectivity index (χ3n) is 5.17. The van der Waals surface area contributed by atoms with E-state index in [0.717, 1.165) is 35.6 Å². The van der Waals surface area contributed by atoms with Gasteiger partial charge in [0.2, 0.25) is 26.0 Å². The van der Waals surface area contributed by atoms with Gasteiger partial charge in [0.15, 0.2) is 0 Å². The van der Waals surface area contributed by atoms with Crippen LogP contribution in [0.5, 0.6) is 0 Å². The van der Waals surface area contributed by atoms with Gasteiger partial charge in [0.25, 0.3) is 0 Å². The lowest BCUT2D eigenvalue weighted by molar-refractivity contribution is -0.116. The van der Waals surface area contributed by atoms with Crippen LogP contribution in [0.1, 0.15) is 30.4 Å². The molecule has 0 atom stereocenters. The Balaban J connectivity index is 1.58. The molecule has 0 aliphatic heterocycles. The van der Waals surface area contributed by atoms with E-state index in [0.29, 0.717) is 5.69 Å². The summed E-state index contributed by atoms with van der Waals surface area (Å²) in [5.74, 6) is -0.424. The van der Waals surface area contributed by atoms with Crippen LogP contribution in [0.4, 0.5) is 5.69 Å². The van der Waals surface area contributed by atoms with Crippen molar-refractivity contribution in [1.82, 2.24) is 9.03 Å². The zero-order valence-electron chi connectivity index (χ0n) is 17.6. The number of sulfonamides is 2. The predicted octanol–water partition coefficient (Wildman–Crippen LogP) is 2.12. The van der Waals surface area contributed by atoms with Crippen LogP contribution in [-0.4, -0.2) is 47.7 Å². The number of aryl methyl sites for hydroxylation is 2. The fraction of sp³-hybridized carbons (Fsp3) is 0.381.